The molecule has 1 aromatic rings. The Labute approximate surface area is 157 Å². The summed E-state index contributed by atoms with van der Waals surface area (Å²) in [6.45, 7) is 5.79. The minimum Gasteiger partial charge on any atom is -0.493 e. The number of ether oxygens (including phenoxy) is 4. The van der Waals surface area contributed by atoms with Gasteiger partial charge in [0, 0.05) is 18.6 Å². The molecule has 0 aromatic heterocycles. The summed E-state index contributed by atoms with van der Waals surface area (Å²) in [4.78, 5) is 2.39. The molecule has 0 aliphatic carbocycles. The van der Waals surface area contributed by atoms with E-state index in [1.165, 1.54) is 19.3 Å². The lowest BCUT2D eigenvalue weighted by molar-refractivity contribution is -0.0135. The minimum atomic E-state index is -0.500. The van der Waals surface area contributed by atoms with Crippen LogP contribution in [0, 0.1) is 0 Å². The molecule has 0 radical (unpaired) electrons. The van der Waals surface area contributed by atoms with Gasteiger partial charge in [0.1, 0.15) is 0 Å². The molecule has 0 bridgehead atoms. The number of β-amino-alcohol motifs (C(OH)–C–C–N with tert-alkyl or cyclic N) is 1. The molecular formula is C20H33NO5. The molecule has 1 aliphatic heterocycles. The first kappa shape index (κ1) is 20.8. The fourth-order valence-corrected chi connectivity index (χ4v) is 3.66. The topological polar surface area (TPSA) is 60.4 Å². The van der Waals surface area contributed by atoms with Crippen molar-refractivity contribution in [3.63, 3.8) is 0 Å². The van der Waals surface area contributed by atoms with Crippen molar-refractivity contribution in [2.24, 2.45) is 0 Å². The Morgan fingerprint density at radius 2 is 1.62 bits per heavy atom. The molecule has 1 fully saturated rings. The van der Waals surface area contributed by atoms with Gasteiger partial charge >= 0.3 is 0 Å². The molecule has 1 N–H and O–H groups in total. The zero-order valence-electron chi connectivity index (χ0n) is 16.7. The molecule has 26 heavy (non-hydrogen) atoms. The molecule has 0 spiro atoms. The Kier molecular flexibility index (Phi) is 8.00. The van der Waals surface area contributed by atoms with Crippen LogP contribution in [0.3, 0.4) is 0 Å². The van der Waals surface area contributed by atoms with Gasteiger partial charge in [0.15, 0.2) is 11.5 Å². The Balaban J connectivity index is 1.88. The summed E-state index contributed by atoms with van der Waals surface area (Å²) in [5.74, 6) is 1.76. The molecular weight excluding hydrogens is 334 g/mol. The number of nitrogens with zero attached hydrogens (tertiary/aromatic N) is 1. The number of hydrogen-bond donors (Lipinski definition) is 1. The molecule has 1 aromatic carbocycles. The molecule has 2 rings (SSSR count). The van der Waals surface area contributed by atoms with E-state index in [0.29, 0.717) is 49.1 Å². The van der Waals surface area contributed by atoms with Gasteiger partial charge in [-0.15, -0.1) is 0 Å². The van der Waals surface area contributed by atoms with E-state index in [1.807, 2.05) is 12.1 Å². The van der Waals surface area contributed by atoms with Crippen molar-refractivity contribution in [3.05, 3.63) is 17.7 Å². The van der Waals surface area contributed by atoms with Crippen molar-refractivity contribution in [3.8, 4) is 17.2 Å². The Bertz CT molecular complexity index is 530. The maximum Gasteiger partial charge on any atom is 0.203 e. The summed E-state index contributed by atoms with van der Waals surface area (Å²) in [5.41, 5.74) is 0.909. The van der Waals surface area contributed by atoms with Crippen LogP contribution in [0.5, 0.6) is 17.2 Å². The fraction of sp³-hybridized carbons (Fsp3) is 0.700. The summed E-state index contributed by atoms with van der Waals surface area (Å²) < 4.78 is 21.8. The summed E-state index contributed by atoms with van der Waals surface area (Å²) in [5, 5.41) is 10.4. The SMILES string of the molecule is COc1cc(COC[C@H](O)CN2[C@H](C)CCC[C@@H]2C)cc(OC)c1OC. The molecule has 0 unspecified atom stereocenters. The molecule has 1 aliphatic rings. The van der Waals surface area contributed by atoms with Gasteiger partial charge < -0.3 is 24.1 Å². The summed E-state index contributed by atoms with van der Waals surface area (Å²) >= 11 is 0. The number of aliphatic hydroxyl groups is 1. The zero-order valence-corrected chi connectivity index (χ0v) is 16.7. The maximum absolute atomic E-state index is 10.4. The summed E-state index contributed by atoms with van der Waals surface area (Å²) in [6.07, 6.45) is 3.17. The number of likely N-dealkylation sites (tertiary alicyclic amines) is 1. The van der Waals surface area contributed by atoms with Crippen molar-refractivity contribution in [1.29, 1.82) is 0 Å². The third-order valence-electron chi connectivity index (χ3n) is 5.10. The number of aliphatic hydroxyl groups excluding tert-OH is 1. The molecule has 3 atom stereocenters. The number of piperidine rings is 1. The second-order valence-electron chi connectivity index (χ2n) is 7.03. The molecule has 0 amide bonds. The van der Waals surface area contributed by atoms with Gasteiger partial charge in [-0.25, -0.2) is 0 Å². The van der Waals surface area contributed by atoms with E-state index < -0.39 is 6.10 Å². The van der Waals surface area contributed by atoms with Gasteiger partial charge in [0.2, 0.25) is 5.75 Å². The highest BCUT2D eigenvalue weighted by Gasteiger charge is 2.26. The number of methoxy groups -OCH3 is 3. The molecule has 1 saturated heterocycles. The van der Waals surface area contributed by atoms with Crippen LogP contribution in [-0.4, -0.2) is 62.7 Å². The quantitative estimate of drug-likeness (QED) is 0.724. The van der Waals surface area contributed by atoms with Crippen LogP contribution in [0.4, 0.5) is 0 Å². The van der Waals surface area contributed by atoms with Crippen LogP contribution in [-0.2, 0) is 11.3 Å². The van der Waals surface area contributed by atoms with E-state index in [2.05, 4.69) is 18.7 Å². The Morgan fingerprint density at radius 3 is 2.12 bits per heavy atom. The maximum atomic E-state index is 10.4. The van der Waals surface area contributed by atoms with Gasteiger partial charge in [-0.3, -0.25) is 4.90 Å². The van der Waals surface area contributed by atoms with E-state index in [0.717, 1.165) is 5.56 Å². The number of benzene rings is 1. The Hall–Kier alpha value is -1.50. The van der Waals surface area contributed by atoms with E-state index >= 15 is 0 Å². The lowest BCUT2D eigenvalue weighted by Gasteiger charge is -2.40. The first-order valence-electron chi connectivity index (χ1n) is 9.30. The number of hydrogen-bond acceptors (Lipinski definition) is 6. The van der Waals surface area contributed by atoms with E-state index in [1.54, 1.807) is 21.3 Å². The van der Waals surface area contributed by atoms with Gasteiger partial charge in [-0.2, -0.15) is 0 Å². The lowest BCUT2D eigenvalue weighted by atomic mass is 9.97. The molecule has 1 heterocycles. The van der Waals surface area contributed by atoms with E-state index in [-0.39, 0.29) is 0 Å². The first-order valence-corrected chi connectivity index (χ1v) is 9.30. The van der Waals surface area contributed by atoms with Crippen LogP contribution < -0.4 is 14.2 Å². The second kappa shape index (κ2) is 10.00. The third-order valence-corrected chi connectivity index (χ3v) is 5.10. The van der Waals surface area contributed by atoms with Crippen molar-refractivity contribution in [2.75, 3.05) is 34.5 Å². The zero-order chi connectivity index (χ0) is 19.1. The van der Waals surface area contributed by atoms with Gasteiger partial charge in [0.05, 0.1) is 40.6 Å². The summed E-state index contributed by atoms with van der Waals surface area (Å²) in [7, 11) is 4.76. The van der Waals surface area contributed by atoms with Gasteiger partial charge in [-0.1, -0.05) is 6.42 Å². The predicted molar refractivity (Wildman–Crippen MR) is 101 cm³/mol. The molecule has 0 saturated carbocycles. The van der Waals surface area contributed by atoms with E-state index in [9.17, 15) is 5.11 Å². The highest BCUT2D eigenvalue weighted by atomic mass is 16.5. The van der Waals surface area contributed by atoms with Crippen LogP contribution in [0.15, 0.2) is 12.1 Å². The largest absolute Gasteiger partial charge is 0.493 e. The molecule has 6 heteroatoms. The minimum absolute atomic E-state index is 0.298. The van der Waals surface area contributed by atoms with Crippen LogP contribution in [0.2, 0.25) is 0 Å². The second-order valence-corrected chi connectivity index (χ2v) is 7.03. The first-order chi connectivity index (χ1) is 12.5. The molecule has 6 nitrogen and oxygen atoms in total. The monoisotopic (exact) mass is 367 g/mol. The number of rotatable bonds is 9. The predicted octanol–water partition coefficient (Wildman–Crippen LogP) is 2.85. The fourth-order valence-electron chi connectivity index (χ4n) is 3.66. The average molecular weight is 367 g/mol. The van der Waals surface area contributed by atoms with Crippen LogP contribution >= 0.6 is 0 Å². The highest BCUT2D eigenvalue weighted by Crippen LogP contribution is 2.38. The molecule has 148 valence electrons. The summed E-state index contributed by atoms with van der Waals surface area (Å²) in [6, 6.07) is 4.76. The van der Waals surface area contributed by atoms with Crippen molar-refractivity contribution in [1.82, 2.24) is 4.90 Å². The smallest absolute Gasteiger partial charge is 0.203 e. The van der Waals surface area contributed by atoms with Gasteiger partial charge in [-0.05, 0) is 44.4 Å². The van der Waals surface area contributed by atoms with Crippen molar-refractivity contribution >= 4 is 0 Å². The normalized spacial score (nSPS) is 22.1. The van der Waals surface area contributed by atoms with E-state index in [4.69, 9.17) is 18.9 Å². The highest BCUT2D eigenvalue weighted by molar-refractivity contribution is 5.53. The van der Waals surface area contributed by atoms with Crippen molar-refractivity contribution in [2.45, 2.75) is 57.9 Å². The van der Waals surface area contributed by atoms with Crippen LogP contribution in [0.25, 0.3) is 0 Å². The standard InChI is InChI=1S/C20H33NO5/c1-14-7-6-8-15(2)21(14)11-17(22)13-26-12-16-9-18(23-3)20(25-5)19(10-16)24-4/h9-10,14-15,17,22H,6-8,11-13H2,1-5H3/t14-,15+,17-/m1/s1. The van der Waals surface area contributed by atoms with Crippen molar-refractivity contribution < 1.29 is 24.1 Å². The average Bonchev–Trinajstić information content (AvgIpc) is 2.63. The van der Waals surface area contributed by atoms with Crippen LogP contribution in [0.1, 0.15) is 38.7 Å². The van der Waals surface area contributed by atoms with Gasteiger partial charge in [0.25, 0.3) is 0 Å². The third kappa shape index (κ3) is 5.25. The lowest BCUT2D eigenvalue weighted by Crippen LogP contribution is -2.48. The Morgan fingerprint density at radius 1 is 1.04 bits per heavy atom.